The predicted molar refractivity (Wildman–Crippen MR) is 97.8 cm³/mol. The van der Waals surface area contributed by atoms with E-state index < -0.39 is 5.91 Å². The van der Waals surface area contributed by atoms with Crippen molar-refractivity contribution in [1.29, 1.82) is 0 Å². The zero-order valence-corrected chi connectivity index (χ0v) is 15.0. The van der Waals surface area contributed by atoms with E-state index in [0.29, 0.717) is 17.2 Å². The fraction of sp³-hybridized carbons (Fsp3) is 0.263. The minimum absolute atomic E-state index is 0.255. The summed E-state index contributed by atoms with van der Waals surface area (Å²) in [6, 6.07) is 12.8. The molecule has 132 valence electrons. The number of benzene rings is 2. The van der Waals surface area contributed by atoms with Crippen LogP contribution in [0.2, 0.25) is 5.02 Å². The molecule has 2 amide bonds. The van der Waals surface area contributed by atoms with Crippen LogP contribution in [0.3, 0.4) is 0 Å². The van der Waals surface area contributed by atoms with Gasteiger partial charge in [0.25, 0.3) is 5.91 Å². The molecular formula is C19H21ClN2O3. The van der Waals surface area contributed by atoms with Crippen LogP contribution in [0.1, 0.15) is 34.8 Å². The van der Waals surface area contributed by atoms with E-state index in [-0.39, 0.29) is 17.9 Å². The Balaban J connectivity index is 1.85. The summed E-state index contributed by atoms with van der Waals surface area (Å²) >= 11 is 5.90. The zero-order chi connectivity index (χ0) is 18.2. The summed E-state index contributed by atoms with van der Waals surface area (Å²) in [6.07, 6.45) is 1.87. The molecule has 0 radical (unpaired) electrons. The second-order valence-electron chi connectivity index (χ2n) is 5.52. The van der Waals surface area contributed by atoms with Crippen molar-refractivity contribution in [2.24, 2.45) is 0 Å². The number of hydrogen-bond acceptors (Lipinski definition) is 3. The third-order valence-corrected chi connectivity index (χ3v) is 4.03. The van der Waals surface area contributed by atoms with Crippen LogP contribution in [0.25, 0.3) is 0 Å². The van der Waals surface area contributed by atoms with E-state index in [0.717, 1.165) is 12.0 Å². The highest BCUT2D eigenvalue weighted by atomic mass is 35.5. The third kappa shape index (κ3) is 5.50. The van der Waals surface area contributed by atoms with Gasteiger partial charge in [0.05, 0.1) is 12.7 Å². The highest BCUT2D eigenvalue weighted by Gasteiger charge is 2.13. The molecule has 0 spiro atoms. The Bertz CT molecular complexity index is 745. The Kier molecular flexibility index (Phi) is 6.83. The first-order valence-corrected chi connectivity index (χ1v) is 8.41. The molecular weight excluding hydrogens is 340 g/mol. The van der Waals surface area contributed by atoms with E-state index in [4.69, 9.17) is 16.3 Å². The number of rotatable bonds is 6. The number of aryl methyl sites for hydroxylation is 2. The van der Waals surface area contributed by atoms with Crippen LogP contribution in [0.15, 0.2) is 42.5 Å². The van der Waals surface area contributed by atoms with Gasteiger partial charge in [-0.3, -0.25) is 20.4 Å². The highest BCUT2D eigenvalue weighted by Crippen LogP contribution is 2.22. The Morgan fingerprint density at radius 3 is 2.36 bits per heavy atom. The zero-order valence-electron chi connectivity index (χ0n) is 14.3. The van der Waals surface area contributed by atoms with Crippen molar-refractivity contribution in [2.75, 3.05) is 7.11 Å². The average molecular weight is 361 g/mol. The molecule has 0 aliphatic heterocycles. The Morgan fingerprint density at radius 1 is 1.04 bits per heavy atom. The largest absolute Gasteiger partial charge is 0.496 e. The molecule has 2 N–H and O–H groups in total. The number of hydrazine groups is 1. The monoisotopic (exact) mass is 360 g/mol. The fourth-order valence-electron chi connectivity index (χ4n) is 2.31. The molecule has 0 saturated heterocycles. The number of carbonyl (C=O) groups is 2. The number of halogens is 1. The highest BCUT2D eigenvalue weighted by molar-refractivity contribution is 6.31. The molecule has 2 aromatic rings. The van der Waals surface area contributed by atoms with Gasteiger partial charge in [-0.05, 0) is 42.2 Å². The number of carbonyl (C=O) groups excluding carboxylic acids is 2. The first-order chi connectivity index (χ1) is 12.0. The average Bonchev–Trinajstić information content (AvgIpc) is 2.64. The smallest absolute Gasteiger partial charge is 0.273 e. The SMILES string of the molecule is CCc1ccc(CCC(=O)NNC(=O)c2cc(Cl)ccc2OC)cc1. The Morgan fingerprint density at radius 2 is 1.72 bits per heavy atom. The normalized spacial score (nSPS) is 10.2. The van der Waals surface area contributed by atoms with Gasteiger partial charge in [-0.25, -0.2) is 0 Å². The molecule has 2 aromatic carbocycles. The van der Waals surface area contributed by atoms with Gasteiger partial charge in [-0.2, -0.15) is 0 Å². The van der Waals surface area contributed by atoms with Crippen LogP contribution in [0, 0.1) is 0 Å². The van der Waals surface area contributed by atoms with Gasteiger partial charge in [0.1, 0.15) is 5.75 Å². The van der Waals surface area contributed by atoms with Crippen molar-refractivity contribution in [2.45, 2.75) is 26.2 Å². The van der Waals surface area contributed by atoms with E-state index >= 15 is 0 Å². The van der Waals surface area contributed by atoms with Gasteiger partial charge < -0.3 is 4.74 Å². The maximum Gasteiger partial charge on any atom is 0.273 e. The van der Waals surface area contributed by atoms with E-state index in [9.17, 15) is 9.59 Å². The van der Waals surface area contributed by atoms with Crippen molar-refractivity contribution in [3.05, 3.63) is 64.2 Å². The maximum atomic E-state index is 12.2. The van der Waals surface area contributed by atoms with Crippen LogP contribution in [0.4, 0.5) is 0 Å². The number of hydrogen-bond donors (Lipinski definition) is 2. The lowest BCUT2D eigenvalue weighted by atomic mass is 10.1. The summed E-state index contributed by atoms with van der Waals surface area (Å²) in [5.41, 5.74) is 7.38. The maximum absolute atomic E-state index is 12.2. The lowest BCUT2D eigenvalue weighted by Gasteiger charge is -2.11. The van der Waals surface area contributed by atoms with E-state index in [1.807, 2.05) is 12.1 Å². The summed E-state index contributed by atoms with van der Waals surface area (Å²) < 4.78 is 5.12. The van der Waals surface area contributed by atoms with Gasteiger partial charge in [-0.1, -0.05) is 42.8 Å². The number of methoxy groups -OCH3 is 1. The number of nitrogens with one attached hydrogen (secondary N) is 2. The minimum atomic E-state index is -0.486. The first kappa shape index (κ1) is 18.8. The second-order valence-corrected chi connectivity index (χ2v) is 5.95. The van der Waals surface area contributed by atoms with Gasteiger partial charge in [0.2, 0.25) is 5.91 Å². The predicted octanol–water partition coefficient (Wildman–Crippen LogP) is 3.30. The molecule has 0 heterocycles. The van der Waals surface area contributed by atoms with E-state index in [1.54, 1.807) is 12.1 Å². The first-order valence-electron chi connectivity index (χ1n) is 8.04. The number of amides is 2. The molecule has 6 heteroatoms. The van der Waals surface area contributed by atoms with Crippen molar-refractivity contribution >= 4 is 23.4 Å². The van der Waals surface area contributed by atoms with Crippen molar-refractivity contribution < 1.29 is 14.3 Å². The molecule has 0 atom stereocenters. The Labute approximate surface area is 152 Å². The molecule has 5 nitrogen and oxygen atoms in total. The molecule has 0 aromatic heterocycles. The molecule has 25 heavy (non-hydrogen) atoms. The van der Waals surface area contributed by atoms with Crippen LogP contribution in [0.5, 0.6) is 5.75 Å². The molecule has 0 saturated carbocycles. The van der Waals surface area contributed by atoms with Gasteiger partial charge in [0.15, 0.2) is 0 Å². The molecule has 0 unspecified atom stereocenters. The summed E-state index contributed by atoms with van der Waals surface area (Å²) in [7, 11) is 1.46. The second kappa shape index (κ2) is 9.08. The lowest BCUT2D eigenvalue weighted by molar-refractivity contribution is -0.121. The summed E-state index contributed by atoms with van der Waals surface area (Å²) in [5.74, 6) is -0.374. The molecule has 2 rings (SSSR count). The van der Waals surface area contributed by atoms with Crippen molar-refractivity contribution in [3.63, 3.8) is 0 Å². The van der Waals surface area contributed by atoms with E-state index in [1.165, 1.54) is 18.7 Å². The lowest BCUT2D eigenvalue weighted by Crippen LogP contribution is -2.41. The molecule has 0 aliphatic rings. The van der Waals surface area contributed by atoms with Crippen molar-refractivity contribution in [1.82, 2.24) is 10.9 Å². The molecule has 0 aliphatic carbocycles. The molecule has 0 bridgehead atoms. The van der Waals surface area contributed by atoms with E-state index in [2.05, 4.69) is 29.9 Å². The van der Waals surface area contributed by atoms with Crippen molar-refractivity contribution in [3.8, 4) is 5.75 Å². The van der Waals surface area contributed by atoms with Gasteiger partial charge >= 0.3 is 0 Å². The summed E-state index contributed by atoms with van der Waals surface area (Å²) in [5, 5.41) is 0.410. The minimum Gasteiger partial charge on any atom is -0.496 e. The van der Waals surface area contributed by atoms with Crippen LogP contribution in [-0.4, -0.2) is 18.9 Å². The number of ether oxygens (including phenoxy) is 1. The molecule has 0 fully saturated rings. The third-order valence-electron chi connectivity index (χ3n) is 3.79. The summed E-state index contributed by atoms with van der Waals surface area (Å²) in [4.78, 5) is 24.1. The Hall–Kier alpha value is -2.53. The topological polar surface area (TPSA) is 67.4 Å². The van der Waals surface area contributed by atoms with Gasteiger partial charge in [0, 0.05) is 11.4 Å². The van der Waals surface area contributed by atoms with Crippen LogP contribution < -0.4 is 15.6 Å². The van der Waals surface area contributed by atoms with Gasteiger partial charge in [-0.15, -0.1) is 0 Å². The quantitative estimate of drug-likeness (QED) is 0.777. The standard InChI is InChI=1S/C19H21ClN2O3/c1-3-13-4-6-14(7-5-13)8-11-18(23)21-22-19(24)16-12-15(20)9-10-17(16)25-2/h4-7,9-10,12H,3,8,11H2,1-2H3,(H,21,23)(H,22,24). The van der Waals surface area contributed by atoms with Crippen LogP contribution in [-0.2, 0) is 17.6 Å². The fourth-order valence-corrected chi connectivity index (χ4v) is 2.49. The van der Waals surface area contributed by atoms with Crippen LogP contribution >= 0.6 is 11.6 Å². The summed E-state index contributed by atoms with van der Waals surface area (Å²) in [6.45, 7) is 2.10.